The summed E-state index contributed by atoms with van der Waals surface area (Å²) in [5, 5.41) is 11.9. The quantitative estimate of drug-likeness (QED) is 0.669. The van der Waals surface area contributed by atoms with E-state index in [-0.39, 0.29) is 37.5 Å². The Kier molecular flexibility index (Phi) is 6.65. The highest BCUT2D eigenvalue weighted by atomic mass is 16.5. The molecule has 1 aliphatic heterocycles. The van der Waals surface area contributed by atoms with E-state index in [1.807, 2.05) is 36.4 Å². The summed E-state index contributed by atoms with van der Waals surface area (Å²) in [6.07, 6.45) is -0.714. The molecule has 2 N–H and O–H groups in total. The van der Waals surface area contributed by atoms with Crippen LogP contribution in [0.15, 0.2) is 48.5 Å². The number of carbonyl (C=O) groups excluding carboxylic acids is 2. The lowest BCUT2D eigenvalue weighted by molar-refractivity contribution is -0.142. The van der Waals surface area contributed by atoms with Gasteiger partial charge in [-0.05, 0) is 28.2 Å². The zero-order valence-electron chi connectivity index (χ0n) is 18.7. The zero-order chi connectivity index (χ0) is 23.5. The molecule has 0 bridgehead atoms. The maximum absolute atomic E-state index is 13.0. The van der Waals surface area contributed by atoms with Crippen LogP contribution in [0.2, 0.25) is 0 Å². The highest BCUT2D eigenvalue weighted by molar-refractivity contribution is 5.87. The number of carboxylic acids is 1. The summed E-state index contributed by atoms with van der Waals surface area (Å²) in [7, 11) is 1.44. The Morgan fingerprint density at radius 1 is 1.06 bits per heavy atom. The number of benzene rings is 2. The molecule has 8 nitrogen and oxygen atoms in total. The number of aliphatic carboxylic acids is 1. The van der Waals surface area contributed by atoms with Gasteiger partial charge in [-0.15, -0.1) is 0 Å². The molecule has 1 heterocycles. The third-order valence-corrected chi connectivity index (χ3v) is 6.51. The van der Waals surface area contributed by atoms with E-state index in [1.54, 1.807) is 6.92 Å². The van der Waals surface area contributed by atoms with E-state index in [0.717, 1.165) is 22.3 Å². The maximum Gasteiger partial charge on any atom is 0.407 e. The van der Waals surface area contributed by atoms with Gasteiger partial charge in [-0.25, -0.2) is 4.79 Å². The van der Waals surface area contributed by atoms with Crippen LogP contribution >= 0.6 is 0 Å². The predicted octanol–water partition coefficient (Wildman–Crippen LogP) is 2.72. The van der Waals surface area contributed by atoms with Crippen LogP contribution in [-0.4, -0.2) is 67.4 Å². The summed E-state index contributed by atoms with van der Waals surface area (Å²) in [6, 6.07) is 15.1. The standard InChI is InChI=1S/C25H28N2O6/c1-15-11-27(12-20(15)24(29)30)23(28)22(14-32-2)26-25(31)33-13-21-18-9-5-3-7-16(18)17-8-4-6-10-19(17)21/h3-10,15,20-22H,11-14H2,1-2H3,(H,26,31)(H,29,30)/t15-,20-,22-/m0/s1. The number of hydrogen-bond acceptors (Lipinski definition) is 5. The molecule has 1 fully saturated rings. The number of amides is 2. The SMILES string of the molecule is COC[C@H](NC(=O)OCC1c2ccccc2-c2ccccc21)C(=O)N1C[C@H](C(=O)O)[C@@H](C)C1. The van der Waals surface area contributed by atoms with E-state index >= 15 is 0 Å². The van der Waals surface area contributed by atoms with E-state index in [0.29, 0.717) is 6.54 Å². The predicted molar refractivity (Wildman–Crippen MR) is 121 cm³/mol. The fourth-order valence-electron chi connectivity index (χ4n) is 4.81. The molecule has 2 aromatic rings. The highest BCUT2D eigenvalue weighted by Crippen LogP contribution is 2.44. The molecule has 0 unspecified atom stereocenters. The third-order valence-electron chi connectivity index (χ3n) is 6.51. The van der Waals surface area contributed by atoms with Gasteiger partial charge in [-0.3, -0.25) is 9.59 Å². The first kappa shape index (κ1) is 22.8. The maximum atomic E-state index is 13.0. The number of fused-ring (bicyclic) bond motifs is 3. The molecule has 4 rings (SSSR count). The van der Waals surface area contributed by atoms with Gasteiger partial charge in [-0.2, -0.15) is 0 Å². The van der Waals surface area contributed by atoms with Gasteiger partial charge in [0, 0.05) is 26.1 Å². The molecule has 0 saturated carbocycles. The van der Waals surface area contributed by atoms with Crippen LogP contribution in [-0.2, 0) is 19.1 Å². The number of rotatable bonds is 7. The van der Waals surface area contributed by atoms with Crippen molar-refractivity contribution >= 4 is 18.0 Å². The molecule has 33 heavy (non-hydrogen) atoms. The number of likely N-dealkylation sites (tertiary alicyclic amines) is 1. The molecule has 0 radical (unpaired) electrons. The Labute approximate surface area is 192 Å². The van der Waals surface area contributed by atoms with Crippen molar-refractivity contribution in [1.82, 2.24) is 10.2 Å². The normalized spacial score (nSPS) is 20.1. The molecule has 8 heteroatoms. The number of hydrogen-bond donors (Lipinski definition) is 2. The van der Waals surface area contributed by atoms with Gasteiger partial charge in [0.05, 0.1) is 12.5 Å². The summed E-state index contributed by atoms with van der Waals surface area (Å²) in [4.78, 5) is 38.4. The first-order valence-electron chi connectivity index (χ1n) is 11.0. The van der Waals surface area contributed by atoms with Crippen molar-refractivity contribution < 1.29 is 29.0 Å². The summed E-state index contributed by atoms with van der Waals surface area (Å²) >= 11 is 0. The molecule has 0 aromatic heterocycles. The number of nitrogens with zero attached hydrogens (tertiary/aromatic N) is 1. The largest absolute Gasteiger partial charge is 0.481 e. The van der Waals surface area contributed by atoms with Crippen molar-refractivity contribution in [3.05, 3.63) is 59.7 Å². The molecular formula is C25H28N2O6. The minimum absolute atomic E-state index is 0.0361. The zero-order valence-corrected chi connectivity index (χ0v) is 18.7. The average molecular weight is 453 g/mol. The lowest BCUT2D eigenvalue weighted by atomic mass is 9.98. The molecule has 174 valence electrons. The summed E-state index contributed by atoms with van der Waals surface area (Å²) in [5.74, 6) is -2.17. The van der Waals surface area contributed by atoms with E-state index in [9.17, 15) is 19.5 Å². The molecule has 3 atom stereocenters. The molecule has 2 aromatic carbocycles. The van der Waals surface area contributed by atoms with E-state index in [2.05, 4.69) is 17.4 Å². The molecule has 1 aliphatic carbocycles. The van der Waals surface area contributed by atoms with Gasteiger partial charge >= 0.3 is 12.1 Å². The number of carboxylic acid groups (broad SMARTS) is 1. The monoisotopic (exact) mass is 452 g/mol. The van der Waals surface area contributed by atoms with E-state index in [4.69, 9.17) is 9.47 Å². The third kappa shape index (κ3) is 4.57. The summed E-state index contributed by atoms with van der Waals surface area (Å²) < 4.78 is 10.7. The van der Waals surface area contributed by atoms with Gasteiger partial charge in [0.2, 0.25) is 5.91 Å². The summed E-state index contributed by atoms with van der Waals surface area (Å²) in [5.41, 5.74) is 4.46. The number of ether oxygens (including phenoxy) is 2. The van der Waals surface area contributed by atoms with Crippen LogP contribution in [0, 0.1) is 11.8 Å². The Hall–Kier alpha value is -3.39. The van der Waals surface area contributed by atoms with Crippen molar-refractivity contribution in [2.45, 2.75) is 18.9 Å². The summed E-state index contributed by atoms with van der Waals surface area (Å²) in [6.45, 7) is 2.34. The Morgan fingerprint density at radius 3 is 2.21 bits per heavy atom. The van der Waals surface area contributed by atoms with E-state index < -0.39 is 24.0 Å². The number of carbonyl (C=O) groups is 3. The molecular weight excluding hydrogens is 424 g/mol. The molecule has 0 spiro atoms. The van der Waals surface area contributed by atoms with Crippen molar-refractivity contribution in [3.8, 4) is 11.1 Å². The van der Waals surface area contributed by atoms with E-state index in [1.165, 1.54) is 12.0 Å². The molecule has 2 amide bonds. The lowest BCUT2D eigenvalue weighted by Gasteiger charge is -2.24. The van der Waals surface area contributed by atoms with Crippen LogP contribution in [0.4, 0.5) is 4.79 Å². The van der Waals surface area contributed by atoms with Crippen LogP contribution in [0.25, 0.3) is 11.1 Å². The topological polar surface area (TPSA) is 105 Å². The fraction of sp³-hybridized carbons (Fsp3) is 0.400. The van der Waals surface area contributed by atoms with Crippen molar-refractivity contribution in [3.63, 3.8) is 0 Å². The van der Waals surface area contributed by atoms with Crippen molar-refractivity contribution in [1.29, 1.82) is 0 Å². The number of methoxy groups -OCH3 is 1. The van der Waals surface area contributed by atoms with Crippen LogP contribution in [0.1, 0.15) is 24.0 Å². The van der Waals surface area contributed by atoms with Gasteiger partial charge in [0.15, 0.2) is 0 Å². The first-order valence-corrected chi connectivity index (χ1v) is 11.0. The lowest BCUT2D eigenvalue weighted by Crippen LogP contribution is -2.50. The smallest absolute Gasteiger partial charge is 0.407 e. The fourth-order valence-corrected chi connectivity index (χ4v) is 4.81. The first-order chi connectivity index (χ1) is 15.9. The molecule has 2 aliphatic rings. The Morgan fingerprint density at radius 2 is 1.67 bits per heavy atom. The Bertz CT molecular complexity index is 1010. The minimum atomic E-state index is -0.953. The van der Waals surface area contributed by atoms with Crippen molar-refractivity contribution in [2.24, 2.45) is 11.8 Å². The number of nitrogens with one attached hydrogen (secondary N) is 1. The van der Waals surface area contributed by atoms with Crippen molar-refractivity contribution in [2.75, 3.05) is 33.4 Å². The number of alkyl carbamates (subject to hydrolysis) is 1. The second kappa shape index (κ2) is 9.62. The second-order valence-corrected chi connectivity index (χ2v) is 8.64. The van der Waals surface area contributed by atoms with Crippen LogP contribution in [0.3, 0.4) is 0 Å². The van der Waals surface area contributed by atoms with Crippen LogP contribution in [0.5, 0.6) is 0 Å². The molecule has 1 saturated heterocycles. The van der Waals surface area contributed by atoms with Crippen LogP contribution < -0.4 is 5.32 Å². The van der Waals surface area contributed by atoms with Gasteiger partial charge in [0.1, 0.15) is 12.6 Å². The average Bonchev–Trinajstić information content (AvgIpc) is 3.35. The van der Waals surface area contributed by atoms with Gasteiger partial charge in [-0.1, -0.05) is 55.5 Å². The van der Waals surface area contributed by atoms with Gasteiger partial charge in [0.25, 0.3) is 0 Å². The minimum Gasteiger partial charge on any atom is -0.481 e. The highest BCUT2D eigenvalue weighted by Gasteiger charge is 2.39. The second-order valence-electron chi connectivity index (χ2n) is 8.64. The Balaban J connectivity index is 1.40. The van der Waals surface area contributed by atoms with Gasteiger partial charge < -0.3 is 24.8 Å².